The topological polar surface area (TPSA) is 50.8 Å². The van der Waals surface area contributed by atoms with Crippen LogP contribution in [0.3, 0.4) is 0 Å². The fourth-order valence-corrected chi connectivity index (χ4v) is 3.24. The summed E-state index contributed by atoms with van der Waals surface area (Å²) < 4.78 is 41.8. The number of fused-ring (bicyclic) bond motifs is 1. The molecule has 2 aromatic heterocycles. The van der Waals surface area contributed by atoms with Gasteiger partial charge in [-0.1, -0.05) is 17.8 Å². The summed E-state index contributed by atoms with van der Waals surface area (Å²) in [6, 6.07) is 7.39. The number of aryl methyl sites for hydroxylation is 1. The number of nitrogens with one attached hydrogen (secondary N) is 1. The molecule has 0 bridgehead atoms. The molecular weight excluding hydrogens is 351 g/mol. The first kappa shape index (κ1) is 17.6. The van der Waals surface area contributed by atoms with Gasteiger partial charge < -0.3 is 9.72 Å². The van der Waals surface area contributed by atoms with Gasteiger partial charge in [-0.05, 0) is 37.6 Å². The lowest BCUT2D eigenvalue weighted by Crippen LogP contribution is -2.19. The zero-order valence-electron chi connectivity index (χ0n) is 13.6. The molecule has 0 saturated heterocycles. The van der Waals surface area contributed by atoms with E-state index >= 15 is 0 Å². The van der Waals surface area contributed by atoms with Crippen molar-refractivity contribution in [3.8, 4) is 5.75 Å². The number of hydrogen-bond acceptors (Lipinski definition) is 4. The molecule has 0 aliphatic heterocycles. The van der Waals surface area contributed by atoms with E-state index in [9.17, 15) is 13.2 Å². The number of ether oxygens (including phenoxy) is 1. The van der Waals surface area contributed by atoms with E-state index < -0.39 is 12.8 Å². The third-order valence-electron chi connectivity index (χ3n) is 3.61. The number of benzene rings is 1. The zero-order chi connectivity index (χ0) is 18.0. The molecule has 1 aromatic carbocycles. The number of H-pyrrole nitrogens is 1. The van der Waals surface area contributed by atoms with Crippen molar-refractivity contribution in [1.82, 2.24) is 15.0 Å². The molecule has 0 unspecified atom stereocenters. The second-order valence-corrected chi connectivity index (χ2v) is 6.60. The van der Waals surface area contributed by atoms with Crippen LogP contribution in [0.15, 0.2) is 35.6 Å². The molecule has 3 rings (SSSR count). The predicted molar refractivity (Wildman–Crippen MR) is 90.9 cm³/mol. The molecule has 3 aromatic rings. The van der Waals surface area contributed by atoms with E-state index in [1.807, 2.05) is 25.1 Å². The summed E-state index contributed by atoms with van der Waals surface area (Å²) in [4.78, 5) is 12.0. The Kier molecular flexibility index (Phi) is 4.89. The van der Waals surface area contributed by atoms with E-state index in [1.165, 1.54) is 24.0 Å². The van der Waals surface area contributed by atoms with Gasteiger partial charge in [0.25, 0.3) is 0 Å². The van der Waals surface area contributed by atoms with Gasteiger partial charge in [-0.25, -0.2) is 4.98 Å². The molecule has 0 atom stereocenters. The van der Waals surface area contributed by atoms with Crippen molar-refractivity contribution >= 4 is 22.8 Å². The minimum absolute atomic E-state index is 0.197. The van der Waals surface area contributed by atoms with E-state index in [1.54, 1.807) is 6.92 Å². The average molecular weight is 367 g/mol. The van der Waals surface area contributed by atoms with Crippen LogP contribution in [0.1, 0.15) is 16.8 Å². The minimum atomic E-state index is -4.36. The van der Waals surface area contributed by atoms with Crippen molar-refractivity contribution in [3.05, 3.63) is 47.3 Å². The first-order valence-electron chi connectivity index (χ1n) is 7.55. The van der Waals surface area contributed by atoms with Crippen molar-refractivity contribution in [2.24, 2.45) is 0 Å². The SMILES string of the molecule is Cc1ccc2nc(SCc3nccc(OCC(F)(F)F)c3C)[nH]c2c1. The van der Waals surface area contributed by atoms with Gasteiger partial charge in [0.05, 0.1) is 16.7 Å². The van der Waals surface area contributed by atoms with Gasteiger partial charge in [0.2, 0.25) is 0 Å². The van der Waals surface area contributed by atoms with Crippen molar-refractivity contribution in [3.63, 3.8) is 0 Å². The smallest absolute Gasteiger partial charge is 0.422 e. The molecule has 0 aliphatic rings. The molecule has 2 heterocycles. The third-order valence-corrected chi connectivity index (χ3v) is 4.50. The van der Waals surface area contributed by atoms with Gasteiger partial charge in [-0.2, -0.15) is 13.2 Å². The van der Waals surface area contributed by atoms with Crippen LogP contribution in [-0.2, 0) is 5.75 Å². The first-order valence-corrected chi connectivity index (χ1v) is 8.53. The Labute approximate surface area is 146 Å². The molecule has 0 spiro atoms. The molecule has 132 valence electrons. The summed E-state index contributed by atoms with van der Waals surface area (Å²) in [7, 11) is 0. The zero-order valence-corrected chi connectivity index (χ0v) is 14.5. The van der Waals surface area contributed by atoms with Gasteiger partial charge in [0.1, 0.15) is 5.75 Å². The summed E-state index contributed by atoms with van der Waals surface area (Å²) in [5.74, 6) is 0.677. The predicted octanol–water partition coefficient (Wildman–Crippen LogP) is 4.81. The summed E-state index contributed by atoms with van der Waals surface area (Å²) in [6.07, 6.45) is -2.91. The van der Waals surface area contributed by atoms with Gasteiger partial charge in [-0.15, -0.1) is 0 Å². The maximum Gasteiger partial charge on any atom is 0.422 e. The fraction of sp³-hybridized carbons (Fsp3) is 0.294. The molecular formula is C17H16F3N3OS. The Balaban J connectivity index is 1.71. The summed E-state index contributed by atoms with van der Waals surface area (Å²) in [5, 5.41) is 0.739. The van der Waals surface area contributed by atoms with Gasteiger partial charge in [0.15, 0.2) is 11.8 Å². The van der Waals surface area contributed by atoms with Gasteiger partial charge >= 0.3 is 6.18 Å². The van der Waals surface area contributed by atoms with E-state index in [4.69, 9.17) is 4.74 Å². The monoisotopic (exact) mass is 367 g/mol. The lowest BCUT2D eigenvalue weighted by molar-refractivity contribution is -0.153. The molecule has 0 radical (unpaired) electrons. The van der Waals surface area contributed by atoms with Crippen LogP contribution in [-0.4, -0.2) is 27.7 Å². The standard InChI is InChI=1S/C17H16F3N3OS/c1-10-3-4-12-13(7-10)23-16(22-12)25-8-14-11(2)15(5-6-21-14)24-9-17(18,19)20/h3-7H,8-9H2,1-2H3,(H,22,23). The Bertz CT molecular complexity index is 892. The summed E-state index contributed by atoms with van der Waals surface area (Å²) >= 11 is 1.44. The Morgan fingerprint density at radius 2 is 2.00 bits per heavy atom. The normalized spacial score (nSPS) is 11.9. The highest BCUT2D eigenvalue weighted by Crippen LogP contribution is 2.28. The number of imidazole rings is 1. The average Bonchev–Trinajstić information content (AvgIpc) is 2.94. The number of pyridine rings is 1. The second-order valence-electron chi connectivity index (χ2n) is 5.64. The van der Waals surface area contributed by atoms with Crippen LogP contribution in [0, 0.1) is 13.8 Å². The van der Waals surface area contributed by atoms with Gasteiger partial charge in [0, 0.05) is 17.5 Å². The Hall–Kier alpha value is -2.22. The first-order chi connectivity index (χ1) is 11.8. The molecule has 0 aliphatic carbocycles. The van der Waals surface area contributed by atoms with E-state index in [2.05, 4.69) is 15.0 Å². The Morgan fingerprint density at radius 3 is 2.76 bits per heavy atom. The number of aromatic nitrogens is 3. The quantitative estimate of drug-likeness (QED) is 0.658. The summed E-state index contributed by atoms with van der Waals surface area (Å²) in [6.45, 7) is 2.40. The number of alkyl halides is 3. The van der Waals surface area contributed by atoms with E-state index in [0.29, 0.717) is 17.0 Å². The van der Waals surface area contributed by atoms with Crippen LogP contribution >= 0.6 is 11.8 Å². The highest BCUT2D eigenvalue weighted by molar-refractivity contribution is 7.98. The number of nitrogens with zero attached hydrogens (tertiary/aromatic N) is 2. The number of aromatic amines is 1. The molecule has 0 fully saturated rings. The largest absolute Gasteiger partial charge is 0.484 e. The van der Waals surface area contributed by atoms with Crippen LogP contribution in [0.5, 0.6) is 5.75 Å². The van der Waals surface area contributed by atoms with Crippen LogP contribution < -0.4 is 4.74 Å². The maximum atomic E-state index is 12.3. The van der Waals surface area contributed by atoms with Crippen LogP contribution in [0.4, 0.5) is 13.2 Å². The minimum Gasteiger partial charge on any atom is -0.484 e. The van der Waals surface area contributed by atoms with Crippen molar-refractivity contribution in [2.75, 3.05) is 6.61 Å². The molecule has 0 amide bonds. The highest BCUT2D eigenvalue weighted by atomic mass is 32.2. The number of thioether (sulfide) groups is 1. The number of halogens is 3. The lowest BCUT2D eigenvalue weighted by Gasteiger charge is -2.13. The summed E-state index contributed by atoms with van der Waals surface area (Å²) in [5.41, 5.74) is 4.24. The Morgan fingerprint density at radius 1 is 1.20 bits per heavy atom. The van der Waals surface area contributed by atoms with Crippen LogP contribution in [0.25, 0.3) is 11.0 Å². The van der Waals surface area contributed by atoms with Crippen LogP contribution in [0.2, 0.25) is 0 Å². The highest BCUT2D eigenvalue weighted by Gasteiger charge is 2.28. The fourth-order valence-electron chi connectivity index (χ4n) is 2.33. The number of hydrogen-bond donors (Lipinski definition) is 1. The molecule has 25 heavy (non-hydrogen) atoms. The third kappa shape index (κ3) is 4.45. The molecule has 8 heteroatoms. The van der Waals surface area contributed by atoms with Crippen molar-refractivity contribution in [1.29, 1.82) is 0 Å². The lowest BCUT2D eigenvalue weighted by atomic mass is 10.2. The second kappa shape index (κ2) is 6.95. The molecule has 0 saturated carbocycles. The molecule has 1 N–H and O–H groups in total. The van der Waals surface area contributed by atoms with Crippen molar-refractivity contribution < 1.29 is 17.9 Å². The maximum absolute atomic E-state index is 12.3. The van der Waals surface area contributed by atoms with E-state index in [-0.39, 0.29) is 5.75 Å². The number of rotatable bonds is 5. The molecule has 4 nitrogen and oxygen atoms in total. The van der Waals surface area contributed by atoms with Crippen molar-refractivity contribution in [2.45, 2.75) is 30.9 Å². The van der Waals surface area contributed by atoms with Gasteiger partial charge in [-0.3, -0.25) is 4.98 Å². The van der Waals surface area contributed by atoms with E-state index in [0.717, 1.165) is 21.8 Å².